The zero-order valence-corrected chi connectivity index (χ0v) is 10.8. The summed E-state index contributed by atoms with van der Waals surface area (Å²) < 4.78 is 0. The van der Waals surface area contributed by atoms with E-state index in [2.05, 4.69) is 41.3 Å². The van der Waals surface area contributed by atoms with Gasteiger partial charge in [0.25, 0.3) is 0 Å². The van der Waals surface area contributed by atoms with E-state index in [1.165, 1.54) is 17.5 Å². The van der Waals surface area contributed by atoms with Crippen LogP contribution in [-0.2, 0) is 0 Å². The number of nitrogens with zero attached hydrogens (tertiary/aromatic N) is 2. The molecule has 1 heterocycles. The maximum Gasteiger partial charge on any atom is 0.138 e. The molecule has 0 amide bonds. The number of hydrogen-bond donors (Lipinski definition) is 1. The number of nitrogens with one attached hydrogen (secondary N) is 1. The normalized spacial score (nSPS) is 10.4. The molecule has 2 aromatic rings. The van der Waals surface area contributed by atoms with Gasteiger partial charge in [0.05, 0.1) is 0 Å². The van der Waals surface area contributed by atoms with Crippen LogP contribution in [0.15, 0.2) is 24.5 Å². The molecule has 1 N–H and O–H groups in total. The molecule has 2 rings (SSSR count). The van der Waals surface area contributed by atoms with Crippen LogP contribution in [0.5, 0.6) is 0 Å². The van der Waals surface area contributed by atoms with E-state index in [4.69, 9.17) is 11.6 Å². The van der Waals surface area contributed by atoms with Crippen molar-refractivity contribution >= 4 is 23.1 Å². The van der Waals surface area contributed by atoms with Gasteiger partial charge in [-0.3, -0.25) is 0 Å². The molecule has 0 fully saturated rings. The number of rotatable bonds is 2. The van der Waals surface area contributed by atoms with Gasteiger partial charge < -0.3 is 5.32 Å². The average Bonchev–Trinajstić information content (AvgIpc) is 2.28. The first-order valence-electron chi connectivity index (χ1n) is 5.39. The van der Waals surface area contributed by atoms with E-state index in [-0.39, 0.29) is 0 Å². The zero-order valence-electron chi connectivity index (χ0n) is 10.1. The second-order valence-electron chi connectivity index (χ2n) is 4.08. The van der Waals surface area contributed by atoms with Gasteiger partial charge in [-0.25, -0.2) is 9.97 Å². The monoisotopic (exact) mass is 247 g/mol. The molecular weight excluding hydrogens is 234 g/mol. The topological polar surface area (TPSA) is 37.8 Å². The van der Waals surface area contributed by atoms with Gasteiger partial charge in [0.2, 0.25) is 0 Å². The van der Waals surface area contributed by atoms with Crippen molar-refractivity contribution in [2.45, 2.75) is 20.8 Å². The molecular formula is C13H14ClN3. The van der Waals surface area contributed by atoms with Crippen LogP contribution in [0.25, 0.3) is 0 Å². The highest BCUT2D eigenvalue weighted by Gasteiger charge is 2.06. The lowest BCUT2D eigenvalue weighted by atomic mass is 10.1. The summed E-state index contributed by atoms with van der Waals surface area (Å²) in [6, 6.07) is 6.23. The van der Waals surface area contributed by atoms with Crippen molar-refractivity contribution in [3.63, 3.8) is 0 Å². The molecule has 0 spiro atoms. The van der Waals surface area contributed by atoms with Crippen molar-refractivity contribution in [2.24, 2.45) is 0 Å². The minimum atomic E-state index is 0.479. The minimum absolute atomic E-state index is 0.479. The molecule has 0 saturated heterocycles. The number of aryl methyl sites for hydroxylation is 2. The molecule has 0 atom stereocenters. The summed E-state index contributed by atoms with van der Waals surface area (Å²) in [6.07, 6.45) is 1.46. The van der Waals surface area contributed by atoms with Crippen LogP contribution in [0.1, 0.15) is 16.7 Å². The molecule has 0 aliphatic heterocycles. The van der Waals surface area contributed by atoms with Gasteiger partial charge in [0, 0.05) is 11.3 Å². The lowest BCUT2D eigenvalue weighted by molar-refractivity contribution is 1.13. The summed E-state index contributed by atoms with van der Waals surface area (Å²) in [7, 11) is 0. The van der Waals surface area contributed by atoms with Crippen molar-refractivity contribution in [1.29, 1.82) is 0 Å². The number of halogens is 1. The fourth-order valence-corrected chi connectivity index (χ4v) is 1.77. The average molecular weight is 248 g/mol. The second kappa shape index (κ2) is 4.72. The molecule has 0 bridgehead atoms. The number of hydrogen-bond acceptors (Lipinski definition) is 3. The Morgan fingerprint density at radius 2 is 1.88 bits per heavy atom. The molecule has 0 aliphatic rings. The molecule has 17 heavy (non-hydrogen) atoms. The standard InChI is InChI=1S/C13H14ClN3/c1-8-4-5-11(9(2)6-8)17-13-10(3)12(14)15-7-16-13/h4-7H,1-3H3,(H,15,16,17). The van der Waals surface area contributed by atoms with E-state index in [0.717, 1.165) is 17.1 Å². The van der Waals surface area contributed by atoms with Crippen LogP contribution in [0.2, 0.25) is 5.15 Å². The van der Waals surface area contributed by atoms with Crippen molar-refractivity contribution in [3.8, 4) is 0 Å². The Morgan fingerprint density at radius 3 is 2.59 bits per heavy atom. The molecule has 0 aliphatic carbocycles. The third kappa shape index (κ3) is 2.56. The Labute approximate surface area is 106 Å². The highest BCUT2D eigenvalue weighted by Crippen LogP contribution is 2.24. The van der Waals surface area contributed by atoms with Gasteiger partial charge in [-0.05, 0) is 32.4 Å². The minimum Gasteiger partial charge on any atom is -0.340 e. The molecule has 88 valence electrons. The molecule has 4 heteroatoms. The van der Waals surface area contributed by atoms with Gasteiger partial charge in [-0.15, -0.1) is 0 Å². The summed E-state index contributed by atoms with van der Waals surface area (Å²) in [4.78, 5) is 8.12. The van der Waals surface area contributed by atoms with E-state index in [1.54, 1.807) is 0 Å². The van der Waals surface area contributed by atoms with Gasteiger partial charge in [-0.1, -0.05) is 29.3 Å². The molecule has 1 aromatic heterocycles. The number of anilines is 2. The van der Waals surface area contributed by atoms with Crippen LogP contribution in [0.3, 0.4) is 0 Å². The number of benzene rings is 1. The Morgan fingerprint density at radius 1 is 1.12 bits per heavy atom. The Hall–Kier alpha value is -1.61. The summed E-state index contributed by atoms with van der Waals surface area (Å²) >= 11 is 5.95. The first-order valence-corrected chi connectivity index (χ1v) is 5.77. The largest absolute Gasteiger partial charge is 0.340 e. The van der Waals surface area contributed by atoms with Crippen LogP contribution < -0.4 is 5.32 Å². The maximum absolute atomic E-state index is 5.95. The van der Waals surface area contributed by atoms with Gasteiger partial charge in [-0.2, -0.15) is 0 Å². The third-order valence-electron chi connectivity index (χ3n) is 2.66. The fourth-order valence-electron chi connectivity index (χ4n) is 1.64. The summed E-state index contributed by atoms with van der Waals surface area (Å²) in [5, 5.41) is 3.75. The molecule has 0 saturated carbocycles. The van der Waals surface area contributed by atoms with Crippen molar-refractivity contribution < 1.29 is 0 Å². The highest BCUT2D eigenvalue weighted by atomic mass is 35.5. The van der Waals surface area contributed by atoms with Crippen LogP contribution >= 0.6 is 11.6 Å². The predicted octanol–water partition coefficient (Wildman–Crippen LogP) is 3.80. The van der Waals surface area contributed by atoms with Gasteiger partial charge in [0.15, 0.2) is 0 Å². The van der Waals surface area contributed by atoms with Crippen LogP contribution in [-0.4, -0.2) is 9.97 Å². The molecule has 1 aromatic carbocycles. The summed E-state index contributed by atoms with van der Waals surface area (Å²) in [6.45, 7) is 6.03. The van der Waals surface area contributed by atoms with Crippen LogP contribution in [0, 0.1) is 20.8 Å². The van der Waals surface area contributed by atoms with E-state index in [0.29, 0.717) is 5.15 Å². The zero-order chi connectivity index (χ0) is 12.4. The maximum atomic E-state index is 5.95. The Balaban J connectivity index is 2.35. The SMILES string of the molecule is Cc1ccc(Nc2ncnc(Cl)c2C)c(C)c1. The predicted molar refractivity (Wildman–Crippen MR) is 71.0 cm³/mol. The summed E-state index contributed by atoms with van der Waals surface area (Å²) in [5.74, 6) is 0.747. The first-order chi connectivity index (χ1) is 8.08. The quantitative estimate of drug-likeness (QED) is 0.821. The number of aromatic nitrogens is 2. The second-order valence-corrected chi connectivity index (χ2v) is 4.44. The van der Waals surface area contributed by atoms with Crippen molar-refractivity contribution in [3.05, 3.63) is 46.4 Å². The van der Waals surface area contributed by atoms with Crippen molar-refractivity contribution in [2.75, 3.05) is 5.32 Å². The Kier molecular flexibility index (Phi) is 3.29. The summed E-state index contributed by atoms with van der Waals surface area (Å²) in [5.41, 5.74) is 4.31. The van der Waals surface area contributed by atoms with E-state index in [9.17, 15) is 0 Å². The van der Waals surface area contributed by atoms with Gasteiger partial charge in [0.1, 0.15) is 17.3 Å². The third-order valence-corrected chi connectivity index (χ3v) is 3.04. The first kappa shape index (κ1) is 11.9. The molecule has 0 unspecified atom stereocenters. The lowest BCUT2D eigenvalue weighted by Crippen LogP contribution is -1.99. The smallest absolute Gasteiger partial charge is 0.138 e. The fraction of sp³-hybridized carbons (Fsp3) is 0.231. The van der Waals surface area contributed by atoms with E-state index >= 15 is 0 Å². The Bertz CT molecular complexity index is 552. The van der Waals surface area contributed by atoms with Gasteiger partial charge >= 0.3 is 0 Å². The highest BCUT2D eigenvalue weighted by molar-refractivity contribution is 6.30. The van der Waals surface area contributed by atoms with E-state index in [1.807, 2.05) is 13.0 Å². The molecule has 3 nitrogen and oxygen atoms in total. The lowest BCUT2D eigenvalue weighted by Gasteiger charge is -2.11. The molecule has 0 radical (unpaired) electrons. The van der Waals surface area contributed by atoms with Crippen LogP contribution in [0.4, 0.5) is 11.5 Å². The van der Waals surface area contributed by atoms with Crippen molar-refractivity contribution in [1.82, 2.24) is 9.97 Å². The van der Waals surface area contributed by atoms with E-state index < -0.39 is 0 Å².